The number of esters is 1. The van der Waals surface area contributed by atoms with E-state index >= 15 is 0 Å². The lowest BCUT2D eigenvalue weighted by Gasteiger charge is -2.42. The molecule has 0 bridgehead atoms. The van der Waals surface area contributed by atoms with Crippen molar-refractivity contribution in [2.75, 3.05) is 7.11 Å². The van der Waals surface area contributed by atoms with Crippen molar-refractivity contribution in [3.05, 3.63) is 128 Å². The van der Waals surface area contributed by atoms with Gasteiger partial charge in [0, 0.05) is 33.2 Å². The van der Waals surface area contributed by atoms with E-state index in [0.717, 1.165) is 21.0 Å². The third-order valence-electron chi connectivity index (χ3n) is 7.40. The van der Waals surface area contributed by atoms with Crippen molar-refractivity contribution in [3.8, 4) is 5.75 Å². The Kier molecular flexibility index (Phi) is 11.2. The molecule has 4 aromatic rings. The van der Waals surface area contributed by atoms with Crippen LogP contribution in [0.25, 0.3) is 6.08 Å². The predicted octanol–water partition coefficient (Wildman–Crippen LogP) is 8.38. The lowest BCUT2D eigenvalue weighted by molar-refractivity contribution is -0.166. The van der Waals surface area contributed by atoms with Gasteiger partial charge >= 0.3 is 12.1 Å². The van der Waals surface area contributed by atoms with E-state index in [0.29, 0.717) is 27.4 Å². The number of hydrazine groups is 1. The van der Waals surface area contributed by atoms with Gasteiger partial charge in [0.15, 0.2) is 0 Å². The van der Waals surface area contributed by atoms with Crippen LogP contribution in [0.1, 0.15) is 80.5 Å². The Hall–Kier alpha value is -5.22. The third kappa shape index (κ3) is 8.38. The highest BCUT2D eigenvalue weighted by Crippen LogP contribution is 2.30. The molecular formula is C38H40N2O7S. The minimum atomic E-state index is -1.56. The standard InChI is InChI=1S/C38H40N2O7S/c1-24-21-25(2)23-28(22-24)34(42)40(38(5,6)7)39(35(43)31-16-11-17-32(45-8)27(31)4)37(44)47-36(30-15-10-9-13-26(30)3)46-33(41)19-18-29-14-12-20-48-29/h9-23,36H,1-8H3/b19-18-. The minimum absolute atomic E-state index is 0.108. The fourth-order valence-corrected chi connectivity index (χ4v) is 5.80. The van der Waals surface area contributed by atoms with E-state index in [1.807, 2.05) is 37.4 Å². The number of methoxy groups -OCH3 is 1. The maximum Gasteiger partial charge on any atom is 0.439 e. The molecule has 0 aliphatic rings. The number of carbonyl (C=O) groups excluding carboxylic acids is 4. The molecule has 10 heteroatoms. The van der Waals surface area contributed by atoms with E-state index in [-0.39, 0.29) is 11.1 Å². The zero-order valence-corrected chi connectivity index (χ0v) is 29.2. The summed E-state index contributed by atoms with van der Waals surface area (Å²) in [6.45, 7) is 12.3. The van der Waals surface area contributed by atoms with Crippen molar-refractivity contribution in [2.45, 2.75) is 60.3 Å². The highest BCUT2D eigenvalue weighted by atomic mass is 32.1. The molecule has 1 heterocycles. The summed E-state index contributed by atoms with van der Waals surface area (Å²) in [5.74, 6) is -1.80. The number of rotatable bonds is 8. The smallest absolute Gasteiger partial charge is 0.439 e. The monoisotopic (exact) mass is 668 g/mol. The number of carbonyl (C=O) groups is 4. The van der Waals surface area contributed by atoms with Gasteiger partial charge in [0.05, 0.1) is 12.6 Å². The molecule has 0 N–H and O–H groups in total. The molecule has 0 saturated heterocycles. The van der Waals surface area contributed by atoms with E-state index < -0.39 is 35.7 Å². The first-order valence-corrected chi connectivity index (χ1v) is 16.2. The number of ether oxygens (including phenoxy) is 3. The van der Waals surface area contributed by atoms with Crippen LogP contribution < -0.4 is 4.74 Å². The predicted molar refractivity (Wildman–Crippen MR) is 186 cm³/mol. The van der Waals surface area contributed by atoms with Crippen LogP contribution in [0.2, 0.25) is 0 Å². The van der Waals surface area contributed by atoms with Crippen molar-refractivity contribution in [1.82, 2.24) is 10.0 Å². The van der Waals surface area contributed by atoms with Crippen LogP contribution in [0.4, 0.5) is 4.79 Å². The molecule has 0 aliphatic carbocycles. The van der Waals surface area contributed by atoms with Crippen LogP contribution in [-0.4, -0.2) is 46.5 Å². The molecule has 1 atom stereocenters. The van der Waals surface area contributed by atoms with Crippen LogP contribution in [-0.2, 0) is 14.3 Å². The maximum absolute atomic E-state index is 14.5. The van der Waals surface area contributed by atoms with Gasteiger partial charge in [-0.3, -0.25) is 9.59 Å². The first kappa shape index (κ1) is 35.6. The Morgan fingerprint density at radius 2 is 1.50 bits per heavy atom. The molecule has 0 fully saturated rings. The van der Waals surface area contributed by atoms with E-state index in [1.54, 1.807) is 89.2 Å². The van der Waals surface area contributed by atoms with E-state index in [2.05, 4.69) is 0 Å². The first-order valence-electron chi connectivity index (χ1n) is 15.3. The van der Waals surface area contributed by atoms with Crippen molar-refractivity contribution in [3.63, 3.8) is 0 Å². The first-order chi connectivity index (χ1) is 22.7. The summed E-state index contributed by atoms with van der Waals surface area (Å²) in [4.78, 5) is 57.2. The van der Waals surface area contributed by atoms with Crippen LogP contribution in [0.3, 0.4) is 0 Å². The van der Waals surface area contributed by atoms with Gasteiger partial charge in [0.25, 0.3) is 18.1 Å². The summed E-state index contributed by atoms with van der Waals surface area (Å²) < 4.78 is 17.0. The van der Waals surface area contributed by atoms with Gasteiger partial charge in [-0.1, -0.05) is 53.6 Å². The number of nitrogens with zero attached hydrogens (tertiary/aromatic N) is 2. The summed E-state index contributed by atoms with van der Waals surface area (Å²) in [5, 5.41) is 3.64. The molecule has 0 saturated carbocycles. The fraction of sp³-hybridized carbons (Fsp3) is 0.263. The molecule has 3 amide bonds. The van der Waals surface area contributed by atoms with Crippen LogP contribution in [0, 0.1) is 27.7 Å². The summed E-state index contributed by atoms with van der Waals surface area (Å²) in [5.41, 5.74) is 2.44. The van der Waals surface area contributed by atoms with Crippen molar-refractivity contribution in [2.24, 2.45) is 0 Å². The number of hydrogen-bond acceptors (Lipinski definition) is 8. The van der Waals surface area contributed by atoms with Gasteiger partial charge in [-0.2, -0.15) is 0 Å². The average Bonchev–Trinajstić information content (AvgIpc) is 3.55. The molecule has 0 radical (unpaired) electrons. The normalized spacial score (nSPS) is 11.9. The van der Waals surface area contributed by atoms with Gasteiger partial charge < -0.3 is 14.2 Å². The summed E-state index contributed by atoms with van der Waals surface area (Å²) in [6, 6.07) is 20.8. The lowest BCUT2D eigenvalue weighted by atomic mass is 10.0. The SMILES string of the molecule is COc1cccc(C(=O)N(C(=O)OC(OC(=O)/C=C\c2cccs2)c2ccccc2C)N(C(=O)c2cc(C)cc(C)c2)C(C)(C)C)c1C. The van der Waals surface area contributed by atoms with Crippen LogP contribution in [0.15, 0.2) is 84.3 Å². The van der Waals surface area contributed by atoms with Crippen molar-refractivity contribution >= 4 is 41.3 Å². The molecule has 0 aliphatic heterocycles. The molecule has 9 nitrogen and oxygen atoms in total. The molecule has 250 valence electrons. The van der Waals surface area contributed by atoms with Gasteiger partial charge in [0.2, 0.25) is 0 Å². The number of aryl methyl sites for hydroxylation is 3. The quantitative estimate of drug-likeness (QED) is 0.0804. The summed E-state index contributed by atoms with van der Waals surface area (Å²) in [7, 11) is 1.47. The number of thiophene rings is 1. The molecule has 3 aromatic carbocycles. The van der Waals surface area contributed by atoms with Crippen molar-refractivity contribution < 1.29 is 33.4 Å². The highest BCUT2D eigenvalue weighted by molar-refractivity contribution is 7.10. The molecule has 4 rings (SSSR count). The Morgan fingerprint density at radius 3 is 2.10 bits per heavy atom. The number of benzene rings is 3. The molecule has 0 spiro atoms. The second kappa shape index (κ2) is 15.1. The second-order valence-corrected chi connectivity index (χ2v) is 13.3. The summed E-state index contributed by atoms with van der Waals surface area (Å²) >= 11 is 1.44. The third-order valence-corrected chi connectivity index (χ3v) is 8.23. The average molecular weight is 669 g/mol. The molecular weight excluding hydrogens is 628 g/mol. The van der Waals surface area contributed by atoms with Gasteiger partial charge in [-0.15, -0.1) is 16.3 Å². The number of imide groups is 1. The van der Waals surface area contributed by atoms with Crippen molar-refractivity contribution in [1.29, 1.82) is 0 Å². The Labute approximate surface area is 285 Å². The summed E-state index contributed by atoms with van der Waals surface area (Å²) in [6.07, 6.45) is 0.0465. The van der Waals surface area contributed by atoms with Gasteiger partial charge in [-0.25, -0.2) is 14.6 Å². The zero-order chi connectivity index (χ0) is 35.2. The van der Waals surface area contributed by atoms with E-state index in [1.165, 1.54) is 30.6 Å². The Bertz CT molecular complexity index is 1820. The van der Waals surface area contributed by atoms with E-state index in [9.17, 15) is 19.2 Å². The van der Waals surface area contributed by atoms with E-state index in [4.69, 9.17) is 14.2 Å². The van der Waals surface area contributed by atoms with Gasteiger partial charge in [-0.05, 0) is 95.8 Å². The lowest BCUT2D eigenvalue weighted by Crippen LogP contribution is -2.60. The Morgan fingerprint density at radius 1 is 0.812 bits per heavy atom. The zero-order valence-electron chi connectivity index (χ0n) is 28.4. The Balaban J connectivity index is 1.83. The molecule has 1 aromatic heterocycles. The topological polar surface area (TPSA) is 102 Å². The van der Waals surface area contributed by atoms with Crippen LogP contribution in [0.5, 0.6) is 5.75 Å². The van der Waals surface area contributed by atoms with Crippen LogP contribution >= 0.6 is 11.3 Å². The fourth-order valence-electron chi connectivity index (χ4n) is 5.18. The highest BCUT2D eigenvalue weighted by Gasteiger charge is 2.43. The van der Waals surface area contributed by atoms with Gasteiger partial charge in [0.1, 0.15) is 5.75 Å². The molecule has 1 unspecified atom stereocenters. The molecule has 48 heavy (non-hydrogen) atoms. The maximum atomic E-state index is 14.5. The second-order valence-electron chi connectivity index (χ2n) is 12.3. The minimum Gasteiger partial charge on any atom is -0.496 e. The largest absolute Gasteiger partial charge is 0.496 e. The number of hydrogen-bond donors (Lipinski definition) is 0. The number of amides is 3.